The number of halogens is 1. The lowest BCUT2D eigenvalue weighted by Crippen LogP contribution is -2.14. The van der Waals surface area contributed by atoms with Crippen molar-refractivity contribution in [3.8, 4) is 5.75 Å². The maximum Gasteiger partial charge on any atom is 0.264 e. The van der Waals surface area contributed by atoms with E-state index in [0.29, 0.717) is 5.95 Å². The second-order valence-corrected chi connectivity index (χ2v) is 5.63. The van der Waals surface area contributed by atoms with Crippen molar-refractivity contribution in [3.05, 3.63) is 36.4 Å². The number of ether oxygens (including phenoxy) is 1. The molecule has 0 amide bonds. The molecule has 1 heterocycles. The van der Waals surface area contributed by atoms with Crippen molar-refractivity contribution >= 4 is 21.7 Å². The molecule has 1 aromatic carbocycles. The molecule has 0 fully saturated rings. The van der Waals surface area contributed by atoms with Gasteiger partial charge in [-0.1, -0.05) is 0 Å². The smallest absolute Gasteiger partial charge is 0.264 e. The number of benzene rings is 1. The summed E-state index contributed by atoms with van der Waals surface area (Å²) in [5.74, 6) is -0.337. The van der Waals surface area contributed by atoms with Crippen LogP contribution >= 0.6 is 0 Å². The van der Waals surface area contributed by atoms with Crippen molar-refractivity contribution in [2.45, 2.75) is 4.90 Å². The van der Waals surface area contributed by atoms with Crippen molar-refractivity contribution in [1.82, 2.24) is 9.97 Å². The Balaban J connectivity index is 2.28. The second-order valence-electron chi connectivity index (χ2n) is 3.95. The van der Waals surface area contributed by atoms with E-state index in [0.717, 1.165) is 6.07 Å². The number of methoxy groups -OCH3 is 1. The third-order valence-electron chi connectivity index (χ3n) is 2.57. The average Bonchev–Trinajstić information content (AvgIpc) is 2.49. The Morgan fingerprint density at radius 2 is 1.90 bits per heavy atom. The Kier molecular flexibility index (Phi) is 4.22. The molecule has 0 aliphatic carbocycles. The van der Waals surface area contributed by atoms with E-state index in [9.17, 15) is 12.8 Å². The molecule has 1 aromatic heterocycles. The number of aromatic nitrogens is 2. The van der Waals surface area contributed by atoms with Crippen LogP contribution in [0.2, 0.25) is 0 Å². The summed E-state index contributed by atoms with van der Waals surface area (Å²) in [6, 6.07) is 3.64. The van der Waals surface area contributed by atoms with Gasteiger partial charge in [-0.3, -0.25) is 4.72 Å². The molecule has 9 heteroatoms. The van der Waals surface area contributed by atoms with Crippen molar-refractivity contribution < 1.29 is 17.5 Å². The van der Waals surface area contributed by atoms with Crippen LogP contribution in [0.25, 0.3) is 0 Å². The van der Waals surface area contributed by atoms with Gasteiger partial charge in [0, 0.05) is 13.1 Å². The summed E-state index contributed by atoms with van der Waals surface area (Å²) in [5.41, 5.74) is 0.172. The van der Waals surface area contributed by atoms with Gasteiger partial charge in [-0.25, -0.2) is 22.8 Å². The molecule has 0 saturated heterocycles. The Bertz CT molecular complexity index is 735. The number of hydrogen-bond acceptors (Lipinski definition) is 6. The standard InChI is InChI=1S/C12H13FN4O3S/c1-14-12-15-6-9(7-16-12)21(18,19)17-8-3-4-10(13)11(5-8)20-2/h3-7,17H,1-2H3,(H,14,15,16). The van der Waals surface area contributed by atoms with Gasteiger partial charge in [-0.05, 0) is 12.1 Å². The topological polar surface area (TPSA) is 93.2 Å². The Labute approximate surface area is 121 Å². The number of sulfonamides is 1. The van der Waals surface area contributed by atoms with Crippen LogP contribution in [0.4, 0.5) is 16.0 Å². The molecular formula is C12H13FN4O3S. The van der Waals surface area contributed by atoms with Gasteiger partial charge in [-0.15, -0.1) is 0 Å². The molecule has 0 unspecified atom stereocenters. The van der Waals surface area contributed by atoms with Crippen molar-refractivity contribution in [2.75, 3.05) is 24.2 Å². The zero-order chi connectivity index (χ0) is 15.5. The average molecular weight is 312 g/mol. The summed E-state index contributed by atoms with van der Waals surface area (Å²) in [6.45, 7) is 0. The van der Waals surface area contributed by atoms with E-state index in [1.807, 2.05) is 0 Å². The molecule has 0 aliphatic heterocycles. The molecule has 112 valence electrons. The molecule has 2 rings (SSSR count). The van der Waals surface area contributed by atoms with Crippen molar-refractivity contribution in [3.63, 3.8) is 0 Å². The third-order valence-corrected chi connectivity index (χ3v) is 3.90. The van der Waals surface area contributed by atoms with Gasteiger partial charge in [0.1, 0.15) is 4.90 Å². The van der Waals surface area contributed by atoms with Crippen molar-refractivity contribution in [1.29, 1.82) is 0 Å². The fourth-order valence-electron chi connectivity index (χ4n) is 1.52. The molecule has 0 spiro atoms. The van der Waals surface area contributed by atoms with Gasteiger partial charge in [0.2, 0.25) is 5.95 Å². The van der Waals surface area contributed by atoms with Crippen LogP contribution in [0.1, 0.15) is 0 Å². The van der Waals surface area contributed by atoms with Gasteiger partial charge in [0.15, 0.2) is 11.6 Å². The van der Waals surface area contributed by atoms with Gasteiger partial charge >= 0.3 is 0 Å². The number of anilines is 2. The zero-order valence-corrected chi connectivity index (χ0v) is 12.1. The molecule has 21 heavy (non-hydrogen) atoms. The number of rotatable bonds is 5. The molecular weight excluding hydrogens is 299 g/mol. The SMILES string of the molecule is CNc1ncc(S(=O)(=O)Nc2ccc(F)c(OC)c2)cn1. The normalized spacial score (nSPS) is 11.0. The highest BCUT2D eigenvalue weighted by Gasteiger charge is 2.16. The maximum atomic E-state index is 13.3. The molecule has 2 N–H and O–H groups in total. The van der Waals surface area contributed by atoms with Gasteiger partial charge in [0.25, 0.3) is 10.0 Å². The predicted octanol–water partition coefficient (Wildman–Crippen LogP) is 1.47. The first-order chi connectivity index (χ1) is 9.96. The molecule has 0 radical (unpaired) electrons. The summed E-state index contributed by atoms with van der Waals surface area (Å²) in [5, 5.41) is 2.68. The van der Waals surface area contributed by atoms with Crippen LogP contribution in [0.15, 0.2) is 35.5 Å². The van der Waals surface area contributed by atoms with E-state index in [2.05, 4.69) is 20.0 Å². The highest BCUT2D eigenvalue weighted by molar-refractivity contribution is 7.92. The third kappa shape index (κ3) is 3.37. The summed E-state index contributed by atoms with van der Waals surface area (Å²) in [6.07, 6.45) is 2.34. The summed E-state index contributed by atoms with van der Waals surface area (Å²) < 4.78 is 44.7. The van der Waals surface area contributed by atoms with Gasteiger partial charge < -0.3 is 10.1 Å². The van der Waals surface area contributed by atoms with E-state index in [1.54, 1.807) is 7.05 Å². The van der Waals surface area contributed by atoms with E-state index < -0.39 is 15.8 Å². The summed E-state index contributed by atoms with van der Waals surface area (Å²) in [4.78, 5) is 7.55. The molecule has 7 nitrogen and oxygen atoms in total. The summed E-state index contributed by atoms with van der Waals surface area (Å²) in [7, 11) is -0.947. The summed E-state index contributed by atoms with van der Waals surface area (Å²) >= 11 is 0. The number of nitrogens with one attached hydrogen (secondary N) is 2. The highest BCUT2D eigenvalue weighted by atomic mass is 32.2. The monoisotopic (exact) mass is 312 g/mol. The van der Waals surface area contributed by atoms with E-state index >= 15 is 0 Å². The van der Waals surface area contributed by atoms with E-state index in [4.69, 9.17) is 4.74 Å². The highest BCUT2D eigenvalue weighted by Crippen LogP contribution is 2.23. The van der Waals surface area contributed by atoms with Crippen LogP contribution in [-0.2, 0) is 10.0 Å². The lowest BCUT2D eigenvalue weighted by Gasteiger charge is -2.09. The fourth-order valence-corrected chi connectivity index (χ4v) is 2.46. The first-order valence-corrected chi connectivity index (χ1v) is 7.31. The predicted molar refractivity (Wildman–Crippen MR) is 75.3 cm³/mol. The molecule has 0 aliphatic rings. The van der Waals surface area contributed by atoms with Gasteiger partial charge in [-0.2, -0.15) is 0 Å². The first-order valence-electron chi connectivity index (χ1n) is 5.82. The maximum absolute atomic E-state index is 13.3. The van der Waals surface area contributed by atoms with Crippen LogP contribution in [-0.4, -0.2) is 32.5 Å². The quantitative estimate of drug-likeness (QED) is 0.868. The number of nitrogens with zero attached hydrogens (tertiary/aromatic N) is 2. The van der Waals surface area contributed by atoms with E-state index in [-0.39, 0.29) is 16.3 Å². The second kappa shape index (κ2) is 5.92. The Morgan fingerprint density at radius 1 is 1.24 bits per heavy atom. The minimum absolute atomic E-state index is 0.0584. The van der Waals surface area contributed by atoms with Crippen LogP contribution < -0.4 is 14.8 Å². The van der Waals surface area contributed by atoms with Crippen LogP contribution in [0.5, 0.6) is 5.75 Å². The lowest BCUT2D eigenvalue weighted by molar-refractivity contribution is 0.387. The van der Waals surface area contributed by atoms with Gasteiger partial charge in [0.05, 0.1) is 25.2 Å². The molecule has 0 saturated carbocycles. The minimum atomic E-state index is -3.86. The van der Waals surface area contributed by atoms with Crippen LogP contribution in [0.3, 0.4) is 0 Å². The molecule has 0 atom stereocenters. The van der Waals surface area contributed by atoms with Crippen molar-refractivity contribution in [2.24, 2.45) is 0 Å². The first kappa shape index (κ1) is 15.0. The molecule has 2 aromatic rings. The Hall–Kier alpha value is -2.42. The zero-order valence-electron chi connectivity index (χ0n) is 11.3. The fraction of sp³-hybridized carbons (Fsp3) is 0.167. The Morgan fingerprint density at radius 3 is 2.48 bits per heavy atom. The largest absolute Gasteiger partial charge is 0.494 e. The lowest BCUT2D eigenvalue weighted by atomic mass is 10.3. The number of hydrogen-bond donors (Lipinski definition) is 2. The molecule has 0 bridgehead atoms. The van der Waals surface area contributed by atoms with E-state index in [1.165, 1.54) is 31.6 Å². The minimum Gasteiger partial charge on any atom is -0.494 e. The van der Waals surface area contributed by atoms with Crippen LogP contribution in [0, 0.1) is 5.82 Å².